The zero-order valence-electron chi connectivity index (χ0n) is 11.5. The third kappa shape index (κ3) is 3.80. The van der Waals surface area contributed by atoms with Crippen molar-refractivity contribution in [3.63, 3.8) is 0 Å². The van der Waals surface area contributed by atoms with Crippen LogP contribution in [0.3, 0.4) is 0 Å². The topological polar surface area (TPSA) is 93.6 Å². The maximum Gasteiger partial charge on any atom is 0.358 e. The summed E-state index contributed by atoms with van der Waals surface area (Å²) in [6.45, 7) is -0.00981. The molecule has 1 saturated heterocycles. The number of rotatable bonds is 4. The smallest absolute Gasteiger partial charge is 0.358 e. The number of carbonyl (C=O) groups excluding carboxylic acids is 2. The molecule has 0 radical (unpaired) electrons. The molecule has 1 unspecified atom stereocenters. The predicted octanol–water partition coefficient (Wildman–Crippen LogP) is 1.28. The summed E-state index contributed by atoms with van der Waals surface area (Å²) in [5.41, 5.74) is 0.132. The maximum atomic E-state index is 12.8. The number of hydrogen-bond acceptors (Lipinski definition) is 6. The first-order valence-corrected chi connectivity index (χ1v) is 8.52. The van der Waals surface area contributed by atoms with E-state index in [0.717, 1.165) is 0 Å². The molecule has 1 atom stereocenters. The highest BCUT2D eigenvalue weighted by Crippen LogP contribution is 2.30. The van der Waals surface area contributed by atoms with E-state index >= 15 is 0 Å². The van der Waals surface area contributed by atoms with E-state index in [0.29, 0.717) is 4.47 Å². The molecule has 0 aromatic carbocycles. The van der Waals surface area contributed by atoms with Gasteiger partial charge in [0.25, 0.3) is 0 Å². The quantitative estimate of drug-likeness (QED) is 0.563. The molecule has 0 N–H and O–H groups in total. The number of amides is 1. The van der Waals surface area contributed by atoms with Crippen molar-refractivity contribution < 1.29 is 26.6 Å². The largest absolute Gasteiger partial charge is 0.464 e. The summed E-state index contributed by atoms with van der Waals surface area (Å²) in [5.74, 6) is -2.54. The monoisotopic (exact) mass is 394 g/mol. The Morgan fingerprint density at radius 1 is 1.59 bits per heavy atom. The van der Waals surface area contributed by atoms with E-state index < -0.39 is 33.8 Å². The van der Waals surface area contributed by atoms with E-state index in [1.54, 1.807) is 0 Å². The van der Waals surface area contributed by atoms with Crippen LogP contribution in [0.1, 0.15) is 16.9 Å². The average Bonchev–Trinajstić information content (AvgIpc) is 2.76. The molecular weight excluding hydrogens is 383 g/mol. The van der Waals surface area contributed by atoms with Gasteiger partial charge in [-0.2, -0.15) is 8.42 Å². The lowest BCUT2D eigenvalue weighted by atomic mass is 10.1. The second kappa shape index (κ2) is 6.29. The minimum atomic E-state index is -4.67. The van der Waals surface area contributed by atoms with Crippen LogP contribution in [-0.2, 0) is 19.8 Å². The van der Waals surface area contributed by atoms with Gasteiger partial charge in [0.15, 0.2) is 5.69 Å². The minimum absolute atomic E-state index is 0.00981. The number of esters is 1. The summed E-state index contributed by atoms with van der Waals surface area (Å²) in [7, 11) is -3.49. The number of aromatic nitrogens is 1. The van der Waals surface area contributed by atoms with E-state index in [9.17, 15) is 21.9 Å². The first-order valence-electron chi connectivity index (χ1n) is 6.18. The van der Waals surface area contributed by atoms with Crippen LogP contribution in [0.25, 0.3) is 0 Å². The van der Waals surface area contributed by atoms with Gasteiger partial charge in [-0.15, -0.1) is 3.89 Å². The molecule has 22 heavy (non-hydrogen) atoms. The second-order valence-corrected chi connectivity index (χ2v) is 7.12. The number of carbonyl (C=O) groups is 2. The van der Waals surface area contributed by atoms with Gasteiger partial charge in [0.1, 0.15) is 0 Å². The maximum absolute atomic E-state index is 12.8. The predicted molar refractivity (Wildman–Crippen MR) is 78.6 cm³/mol. The Kier molecular flexibility index (Phi) is 4.81. The van der Waals surface area contributed by atoms with Crippen molar-refractivity contribution in [2.45, 2.75) is 6.42 Å². The molecule has 1 amide bonds. The van der Waals surface area contributed by atoms with Crippen LogP contribution in [0.15, 0.2) is 16.7 Å². The van der Waals surface area contributed by atoms with Crippen LogP contribution in [0.4, 0.5) is 9.57 Å². The van der Waals surface area contributed by atoms with Crippen molar-refractivity contribution in [1.82, 2.24) is 4.98 Å². The Morgan fingerprint density at radius 3 is 2.86 bits per heavy atom. The Balaban J connectivity index is 2.34. The third-order valence-corrected chi connectivity index (χ3v) is 4.45. The molecule has 0 aliphatic carbocycles. The number of hydrogen-bond donors (Lipinski definition) is 0. The van der Waals surface area contributed by atoms with Crippen LogP contribution in [0, 0.1) is 5.92 Å². The van der Waals surface area contributed by atoms with Gasteiger partial charge < -0.3 is 9.64 Å². The van der Waals surface area contributed by atoms with E-state index in [2.05, 4.69) is 25.7 Å². The van der Waals surface area contributed by atoms with Crippen molar-refractivity contribution >= 4 is 43.7 Å². The van der Waals surface area contributed by atoms with Gasteiger partial charge in [-0.1, -0.05) is 0 Å². The molecule has 2 heterocycles. The molecule has 120 valence electrons. The molecule has 2 rings (SSSR count). The van der Waals surface area contributed by atoms with Gasteiger partial charge in [-0.3, -0.25) is 4.79 Å². The zero-order chi connectivity index (χ0) is 16.5. The summed E-state index contributed by atoms with van der Waals surface area (Å²) < 4.78 is 39.4. The summed E-state index contributed by atoms with van der Waals surface area (Å²) in [5, 5.41) is 0. The Morgan fingerprint density at radius 2 is 2.27 bits per heavy atom. The van der Waals surface area contributed by atoms with Crippen LogP contribution >= 0.6 is 15.9 Å². The molecule has 0 saturated carbocycles. The van der Waals surface area contributed by atoms with E-state index in [1.807, 2.05) is 0 Å². The standard InChI is InChI=1S/C12H12BrFN2O5S/c1-21-12(18)11-9(3-8(13)4-15-11)16-5-7(2-10(16)17)6-22(14,19)20/h3-4,7H,2,5-6H2,1H3. The molecule has 1 aromatic rings. The number of nitrogens with zero attached hydrogens (tertiary/aromatic N) is 2. The lowest BCUT2D eigenvalue weighted by molar-refractivity contribution is -0.117. The van der Waals surface area contributed by atoms with Gasteiger partial charge in [0.05, 0.1) is 18.6 Å². The van der Waals surface area contributed by atoms with Crippen LogP contribution in [0.5, 0.6) is 0 Å². The van der Waals surface area contributed by atoms with E-state index in [4.69, 9.17) is 0 Å². The number of halogens is 2. The van der Waals surface area contributed by atoms with Crippen molar-refractivity contribution in [3.8, 4) is 0 Å². The van der Waals surface area contributed by atoms with Crippen LogP contribution in [0.2, 0.25) is 0 Å². The molecule has 1 aliphatic heterocycles. The summed E-state index contributed by atoms with van der Waals surface area (Å²) in [4.78, 5) is 28.9. The van der Waals surface area contributed by atoms with Gasteiger partial charge in [0.2, 0.25) is 5.91 Å². The van der Waals surface area contributed by atoms with Crippen molar-refractivity contribution in [1.29, 1.82) is 0 Å². The summed E-state index contributed by atoms with van der Waals surface area (Å²) >= 11 is 3.19. The number of anilines is 1. The average molecular weight is 395 g/mol. The summed E-state index contributed by atoms with van der Waals surface area (Å²) in [6.07, 6.45) is 1.26. The van der Waals surface area contributed by atoms with E-state index in [1.165, 1.54) is 24.3 Å². The fraction of sp³-hybridized carbons (Fsp3) is 0.417. The molecule has 0 bridgehead atoms. The third-order valence-electron chi connectivity index (χ3n) is 3.14. The van der Waals surface area contributed by atoms with Gasteiger partial charge in [-0.05, 0) is 22.0 Å². The van der Waals surface area contributed by atoms with E-state index in [-0.39, 0.29) is 24.3 Å². The lowest BCUT2D eigenvalue weighted by Gasteiger charge is -2.19. The number of ether oxygens (including phenoxy) is 1. The Hall–Kier alpha value is -1.55. The summed E-state index contributed by atoms with van der Waals surface area (Å²) in [6, 6.07) is 1.50. The molecule has 1 fully saturated rings. The van der Waals surface area contributed by atoms with Gasteiger partial charge in [0, 0.05) is 29.6 Å². The highest BCUT2D eigenvalue weighted by Gasteiger charge is 2.36. The van der Waals surface area contributed by atoms with Crippen LogP contribution < -0.4 is 4.90 Å². The first kappa shape index (κ1) is 16.8. The number of pyridine rings is 1. The fourth-order valence-electron chi connectivity index (χ4n) is 2.30. The molecule has 7 nitrogen and oxygen atoms in total. The van der Waals surface area contributed by atoms with Crippen LogP contribution in [-0.4, -0.2) is 44.7 Å². The molecule has 10 heteroatoms. The molecular formula is C12H12BrFN2O5S. The number of methoxy groups -OCH3 is 1. The molecule has 1 aromatic heterocycles. The Bertz CT molecular complexity index is 724. The molecule has 1 aliphatic rings. The highest BCUT2D eigenvalue weighted by atomic mass is 79.9. The second-order valence-electron chi connectivity index (χ2n) is 4.79. The van der Waals surface area contributed by atoms with Gasteiger partial charge >= 0.3 is 16.2 Å². The fourth-order valence-corrected chi connectivity index (χ4v) is 3.40. The normalized spacial score (nSPS) is 18.6. The minimum Gasteiger partial charge on any atom is -0.464 e. The van der Waals surface area contributed by atoms with Gasteiger partial charge in [-0.25, -0.2) is 9.78 Å². The SMILES string of the molecule is COC(=O)c1ncc(Br)cc1N1CC(CS(=O)(=O)F)CC1=O. The van der Waals surface area contributed by atoms with Crippen molar-refractivity contribution in [2.75, 3.05) is 24.3 Å². The van der Waals surface area contributed by atoms with Crippen molar-refractivity contribution in [2.24, 2.45) is 5.92 Å². The van der Waals surface area contributed by atoms with Crippen molar-refractivity contribution in [3.05, 3.63) is 22.4 Å². The highest BCUT2D eigenvalue weighted by molar-refractivity contribution is 9.10. The zero-order valence-corrected chi connectivity index (χ0v) is 13.9. The first-order chi connectivity index (χ1) is 10.2. The Labute approximate surface area is 134 Å². The lowest BCUT2D eigenvalue weighted by Crippen LogP contribution is -2.28. The molecule has 0 spiro atoms.